The second kappa shape index (κ2) is 4.87. The molecule has 0 saturated heterocycles. The summed E-state index contributed by atoms with van der Waals surface area (Å²) < 4.78 is 5.68. The van der Waals surface area contributed by atoms with Crippen molar-refractivity contribution in [1.82, 2.24) is 15.2 Å². The molecule has 0 unspecified atom stereocenters. The third-order valence-corrected chi connectivity index (χ3v) is 3.83. The number of hydrogen-bond donors (Lipinski definition) is 2. The van der Waals surface area contributed by atoms with Crippen LogP contribution in [0.15, 0.2) is 47.2 Å². The first-order chi connectivity index (χ1) is 10.7. The summed E-state index contributed by atoms with van der Waals surface area (Å²) in [5.41, 5.74) is 3.82. The summed E-state index contributed by atoms with van der Waals surface area (Å²) >= 11 is 0. The van der Waals surface area contributed by atoms with Crippen LogP contribution in [0.3, 0.4) is 0 Å². The minimum Gasteiger partial charge on any atom is -0.464 e. The van der Waals surface area contributed by atoms with Gasteiger partial charge in [-0.15, -0.1) is 0 Å². The largest absolute Gasteiger partial charge is 0.464 e. The smallest absolute Gasteiger partial charge is 0.161 e. The van der Waals surface area contributed by atoms with E-state index in [2.05, 4.69) is 40.4 Å². The standard InChI is InChI=1S/C17H16N4O/c1-10(2)14-9-22-15-8-11(5-6-12(14)15)19-17-13-4-3-7-18-16(13)20-21-17/h3-10H,1-2H3,(H2,18,19,20,21). The number of nitrogens with zero attached hydrogens (tertiary/aromatic N) is 2. The molecule has 0 amide bonds. The van der Waals surface area contributed by atoms with E-state index < -0.39 is 0 Å². The highest BCUT2D eigenvalue weighted by Crippen LogP contribution is 2.30. The Balaban J connectivity index is 1.72. The van der Waals surface area contributed by atoms with Crippen LogP contribution in [0.1, 0.15) is 25.3 Å². The highest BCUT2D eigenvalue weighted by molar-refractivity contribution is 5.91. The van der Waals surface area contributed by atoms with E-state index in [1.807, 2.05) is 30.5 Å². The number of aromatic nitrogens is 3. The number of furan rings is 1. The van der Waals surface area contributed by atoms with Gasteiger partial charge in [0.2, 0.25) is 0 Å². The predicted molar refractivity (Wildman–Crippen MR) is 87.5 cm³/mol. The maximum absolute atomic E-state index is 5.68. The maximum Gasteiger partial charge on any atom is 0.161 e. The molecule has 0 atom stereocenters. The van der Waals surface area contributed by atoms with E-state index in [0.29, 0.717) is 5.92 Å². The molecule has 1 aromatic carbocycles. The van der Waals surface area contributed by atoms with E-state index in [9.17, 15) is 0 Å². The molecule has 3 aromatic heterocycles. The van der Waals surface area contributed by atoms with Crippen molar-refractivity contribution in [3.8, 4) is 0 Å². The molecule has 0 spiro atoms. The second-order valence-electron chi connectivity index (χ2n) is 5.65. The molecule has 22 heavy (non-hydrogen) atoms. The number of hydrogen-bond acceptors (Lipinski definition) is 4. The Bertz CT molecular complexity index is 952. The predicted octanol–water partition coefficient (Wildman–Crippen LogP) is 4.57. The quantitative estimate of drug-likeness (QED) is 0.580. The molecule has 0 aliphatic rings. The number of fused-ring (bicyclic) bond motifs is 2. The van der Waals surface area contributed by atoms with Crippen molar-refractivity contribution in [2.24, 2.45) is 0 Å². The van der Waals surface area contributed by atoms with Gasteiger partial charge in [0.25, 0.3) is 0 Å². The topological polar surface area (TPSA) is 66.7 Å². The summed E-state index contributed by atoms with van der Waals surface area (Å²) in [6.45, 7) is 4.33. The number of benzene rings is 1. The molecule has 110 valence electrons. The monoisotopic (exact) mass is 292 g/mol. The van der Waals surface area contributed by atoms with E-state index in [1.54, 1.807) is 6.20 Å². The number of aromatic amines is 1. The molecule has 0 bridgehead atoms. The van der Waals surface area contributed by atoms with Crippen molar-refractivity contribution in [2.45, 2.75) is 19.8 Å². The van der Waals surface area contributed by atoms with Gasteiger partial charge < -0.3 is 9.73 Å². The van der Waals surface area contributed by atoms with Gasteiger partial charge >= 0.3 is 0 Å². The van der Waals surface area contributed by atoms with Crippen molar-refractivity contribution in [3.63, 3.8) is 0 Å². The van der Waals surface area contributed by atoms with Crippen molar-refractivity contribution < 1.29 is 4.42 Å². The van der Waals surface area contributed by atoms with Crippen LogP contribution in [0.5, 0.6) is 0 Å². The summed E-state index contributed by atoms with van der Waals surface area (Å²) in [5.74, 6) is 1.21. The van der Waals surface area contributed by atoms with E-state index in [0.717, 1.165) is 33.5 Å². The Morgan fingerprint density at radius 1 is 1.18 bits per heavy atom. The van der Waals surface area contributed by atoms with E-state index in [-0.39, 0.29) is 0 Å². The lowest BCUT2D eigenvalue weighted by atomic mass is 10.0. The summed E-state index contributed by atoms with van der Waals surface area (Å²) in [6, 6.07) is 10.0. The molecular weight excluding hydrogens is 276 g/mol. The molecular formula is C17H16N4O. The number of rotatable bonds is 3. The molecule has 3 heterocycles. The van der Waals surface area contributed by atoms with Crippen LogP contribution >= 0.6 is 0 Å². The van der Waals surface area contributed by atoms with Gasteiger partial charge in [-0.1, -0.05) is 13.8 Å². The third-order valence-electron chi connectivity index (χ3n) is 3.83. The first kappa shape index (κ1) is 12.9. The highest BCUT2D eigenvalue weighted by atomic mass is 16.3. The van der Waals surface area contributed by atoms with Crippen LogP contribution in [0, 0.1) is 0 Å². The van der Waals surface area contributed by atoms with Crippen molar-refractivity contribution >= 4 is 33.5 Å². The number of pyridine rings is 1. The minimum atomic E-state index is 0.446. The molecule has 0 saturated carbocycles. The lowest BCUT2D eigenvalue weighted by Gasteiger charge is -2.04. The van der Waals surface area contributed by atoms with Crippen molar-refractivity contribution in [3.05, 3.63) is 48.4 Å². The first-order valence-electron chi connectivity index (χ1n) is 7.29. The van der Waals surface area contributed by atoms with Gasteiger partial charge in [0.05, 0.1) is 11.6 Å². The third kappa shape index (κ3) is 2.02. The van der Waals surface area contributed by atoms with Crippen LogP contribution in [-0.4, -0.2) is 15.2 Å². The van der Waals surface area contributed by atoms with Crippen LogP contribution in [0.4, 0.5) is 11.5 Å². The fraction of sp³-hybridized carbons (Fsp3) is 0.176. The van der Waals surface area contributed by atoms with Gasteiger partial charge in [-0.25, -0.2) is 4.98 Å². The number of H-pyrrole nitrogens is 1. The van der Waals surface area contributed by atoms with Gasteiger partial charge in [0.1, 0.15) is 5.58 Å². The van der Waals surface area contributed by atoms with Crippen molar-refractivity contribution in [2.75, 3.05) is 5.32 Å². The van der Waals surface area contributed by atoms with Crippen LogP contribution in [0.25, 0.3) is 22.0 Å². The van der Waals surface area contributed by atoms with Gasteiger partial charge in [0, 0.05) is 28.9 Å². The second-order valence-corrected chi connectivity index (χ2v) is 5.65. The van der Waals surface area contributed by atoms with Crippen LogP contribution < -0.4 is 5.32 Å². The summed E-state index contributed by atoms with van der Waals surface area (Å²) in [7, 11) is 0. The van der Waals surface area contributed by atoms with Crippen LogP contribution in [-0.2, 0) is 0 Å². The average Bonchev–Trinajstić information content (AvgIpc) is 3.11. The molecule has 0 radical (unpaired) electrons. The molecule has 5 nitrogen and oxygen atoms in total. The molecule has 0 aliphatic carbocycles. The number of nitrogens with one attached hydrogen (secondary N) is 2. The highest BCUT2D eigenvalue weighted by Gasteiger charge is 2.11. The zero-order valence-electron chi connectivity index (χ0n) is 12.4. The minimum absolute atomic E-state index is 0.446. The van der Waals surface area contributed by atoms with E-state index >= 15 is 0 Å². The fourth-order valence-corrected chi connectivity index (χ4v) is 2.66. The Morgan fingerprint density at radius 2 is 2.09 bits per heavy atom. The van der Waals surface area contributed by atoms with Gasteiger partial charge in [-0.05, 0) is 30.2 Å². The van der Waals surface area contributed by atoms with Gasteiger partial charge in [-0.2, -0.15) is 5.10 Å². The lowest BCUT2D eigenvalue weighted by Crippen LogP contribution is -1.91. The normalized spacial score (nSPS) is 11.6. The molecule has 0 fully saturated rings. The Hall–Kier alpha value is -2.82. The van der Waals surface area contributed by atoms with Gasteiger partial charge in [-0.3, -0.25) is 5.10 Å². The Kier molecular flexibility index (Phi) is 2.85. The summed E-state index contributed by atoms with van der Waals surface area (Å²) in [5, 5.41) is 12.6. The van der Waals surface area contributed by atoms with E-state index in [1.165, 1.54) is 5.56 Å². The molecule has 5 heteroatoms. The molecule has 4 rings (SSSR count). The average molecular weight is 292 g/mol. The first-order valence-corrected chi connectivity index (χ1v) is 7.29. The van der Waals surface area contributed by atoms with Crippen molar-refractivity contribution in [1.29, 1.82) is 0 Å². The molecule has 2 N–H and O–H groups in total. The fourth-order valence-electron chi connectivity index (χ4n) is 2.66. The van der Waals surface area contributed by atoms with Gasteiger partial charge in [0.15, 0.2) is 11.5 Å². The molecule has 4 aromatic rings. The zero-order valence-corrected chi connectivity index (χ0v) is 12.4. The molecule has 0 aliphatic heterocycles. The number of anilines is 2. The summed E-state index contributed by atoms with van der Waals surface area (Å²) in [4.78, 5) is 4.24. The lowest BCUT2D eigenvalue weighted by molar-refractivity contribution is 0.606. The van der Waals surface area contributed by atoms with Crippen LogP contribution in [0.2, 0.25) is 0 Å². The Labute approximate surface area is 127 Å². The Morgan fingerprint density at radius 3 is 2.95 bits per heavy atom. The zero-order chi connectivity index (χ0) is 15.1. The van der Waals surface area contributed by atoms with E-state index in [4.69, 9.17) is 4.42 Å². The summed E-state index contributed by atoms with van der Waals surface area (Å²) in [6.07, 6.45) is 3.58. The maximum atomic E-state index is 5.68. The SMILES string of the molecule is CC(C)c1coc2cc(Nc3n[nH]c4ncccc34)ccc12.